The Morgan fingerprint density at radius 1 is 1.33 bits per heavy atom. The average Bonchev–Trinajstić information content (AvgIpc) is 2.95. The number of aromatic carboxylic acids is 1. The fourth-order valence-electron chi connectivity index (χ4n) is 3.74. The summed E-state index contributed by atoms with van der Waals surface area (Å²) in [4.78, 5) is 12.7. The summed E-state index contributed by atoms with van der Waals surface area (Å²) < 4.78 is 28.2. The van der Waals surface area contributed by atoms with Gasteiger partial charge in [-0.25, -0.2) is 13.6 Å². The first-order chi connectivity index (χ1) is 9.84. The van der Waals surface area contributed by atoms with E-state index in [2.05, 4.69) is 5.32 Å². The molecular weight excluding hydrogens is 278 g/mol. The number of hydrogen-bond acceptors (Lipinski definition) is 3. The normalized spacial score (nSPS) is 27.0. The van der Waals surface area contributed by atoms with Crippen LogP contribution in [0.4, 0.5) is 14.5 Å². The summed E-state index contributed by atoms with van der Waals surface area (Å²) in [7, 11) is 0. The highest BCUT2D eigenvalue weighted by molar-refractivity contribution is 5.88. The van der Waals surface area contributed by atoms with E-state index in [0.717, 1.165) is 19.2 Å². The molecule has 2 saturated heterocycles. The minimum absolute atomic E-state index is 0.150. The maximum atomic E-state index is 14.3. The molecule has 2 unspecified atom stereocenters. The molecule has 0 amide bonds. The highest BCUT2D eigenvalue weighted by Gasteiger charge is 2.50. The molecule has 114 valence electrons. The molecule has 1 aromatic carbocycles. The molecule has 2 aliphatic heterocycles. The molecule has 0 aliphatic carbocycles. The SMILES string of the molecule is CC1(C)C2CNCC2CN1c1ccc(C(=O)O)c(F)c1F. The van der Waals surface area contributed by atoms with Crippen molar-refractivity contribution in [1.82, 2.24) is 5.32 Å². The molecule has 4 nitrogen and oxygen atoms in total. The van der Waals surface area contributed by atoms with Crippen LogP contribution in [0, 0.1) is 23.5 Å². The molecule has 0 aromatic heterocycles. The van der Waals surface area contributed by atoms with Crippen LogP contribution >= 0.6 is 0 Å². The number of carbonyl (C=O) groups is 1. The van der Waals surface area contributed by atoms with Gasteiger partial charge in [0, 0.05) is 25.2 Å². The standard InChI is InChI=1S/C15H18F2N2O2/c1-15(2)10-6-18-5-8(10)7-19(15)11-4-3-9(14(20)21)12(16)13(11)17/h3-4,8,10,18H,5-7H2,1-2H3,(H,20,21). The molecular formula is C15H18F2N2O2. The minimum atomic E-state index is -1.46. The van der Waals surface area contributed by atoms with Gasteiger partial charge in [0.1, 0.15) is 0 Å². The van der Waals surface area contributed by atoms with Gasteiger partial charge in [0.25, 0.3) is 0 Å². The van der Waals surface area contributed by atoms with Crippen molar-refractivity contribution >= 4 is 11.7 Å². The van der Waals surface area contributed by atoms with Gasteiger partial charge in [0.2, 0.25) is 0 Å². The van der Waals surface area contributed by atoms with Crippen LogP contribution in [-0.2, 0) is 0 Å². The van der Waals surface area contributed by atoms with Gasteiger partial charge >= 0.3 is 5.97 Å². The zero-order chi connectivity index (χ0) is 15.4. The van der Waals surface area contributed by atoms with E-state index >= 15 is 0 Å². The Morgan fingerprint density at radius 3 is 2.67 bits per heavy atom. The average molecular weight is 296 g/mol. The molecule has 0 radical (unpaired) electrons. The largest absolute Gasteiger partial charge is 0.478 e. The van der Waals surface area contributed by atoms with Crippen LogP contribution in [0.2, 0.25) is 0 Å². The van der Waals surface area contributed by atoms with Gasteiger partial charge in [0.15, 0.2) is 11.6 Å². The van der Waals surface area contributed by atoms with Crippen LogP contribution in [0.1, 0.15) is 24.2 Å². The number of nitrogens with one attached hydrogen (secondary N) is 1. The monoisotopic (exact) mass is 296 g/mol. The van der Waals surface area contributed by atoms with Gasteiger partial charge in [-0.05, 0) is 37.8 Å². The van der Waals surface area contributed by atoms with Crippen molar-refractivity contribution in [2.75, 3.05) is 24.5 Å². The summed E-state index contributed by atoms with van der Waals surface area (Å²) in [6, 6.07) is 2.51. The van der Waals surface area contributed by atoms with E-state index in [0.29, 0.717) is 18.4 Å². The Balaban J connectivity index is 2.02. The summed E-state index contributed by atoms with van der Waals surface area (Å²) in [5.41, 5.74) is -0.779. The third kappa shape index (κ3) is 2.00. The molecule has 0 spiro atoms. The lowest BCUT2D eigenvalue weighted by Crippen LogP contribution is -2.45. The predicted octanol–water partition coefficient (Wildman–Crippen LogP) is 2.10. The summed E-state index contributed by atoms with van der Waals surface area (Å²) in [5.74, 6) is -3.04. The molecule has 2 N–H and O–H groups in total. The number of carboxylic acids is 1. The smallest absolute Gasteiger partial charge is 0.338 e. The lowest BCUT2D eigenvalue weighted by Gasteiger charge is -2.37. The van der Waals surface area contributed by atoms with Gasteiger partial charge in [-0.15, -0.1) is 0 Å². The quantitative estimate of drug-likeness (QED) is 0.877. The summed E-state index contributed by atoms with van der Waals surface area (Å²) in [5, 5.41) is 12.2. The van der Waals surface area contributed by atoms with Crippen molar-refractivity contribution in [3.63, 3.8) is 0 Å². The number of halogens is 2. The minimum Gasteiger partial charge on any atom is -0.478 e. The van der Waals surface area contributed by atoms with Crippen LogP contribution in [0.5, 0.6) is 0 Å². The van der Waals surface area contributed by atoms with E-state index in [-0.39, 0.29) is 11.2 Å². The number of hydrogen-bond donors (Lipinski definition) is 2. The topological polar surface area (TPSA) is 52.6 Å². The van der Waals surface area contributed by atoms with E-state index in [4.69, 9.17) is 5.11 Å². The van der Waals surface area contributed by atoms with Crippen molar-refractivity contribution in [2.45, 2.75) is 19.4 Å². The van der Waals surface area contributed by atoms with E-state index in [1.54, 1.807) is 0 Å². The third-order valence-electron chi connectivity index (χ3n) is 4.94. The summed E-state index contributed by atoms with van der Waals surface area (Å²) in [6.07, 6.45) is 0. The second-order valence-electron chi connectivity index (χ2n) is 6.35. The maximum absolute atomic E-state index is 14.3. The fraction of sp³-hybridized carbons (Fsp3) is 0.533. The zero-order valence-corrected chi connectivity index (χ0v) is 12.0. The van der Waals surface area contributed by atoms with Crippen LogP contribution in [0.3, 0.4) is 0 Å². The van der Waals surface area contributed by atoms with Crippen molar-refractivity contribution in [3.05, 3.63) is 29.3 Å². The molecule has 2 heterocycles. The summed E-state index contributed by atoms with van der Waals surface area (Å²) >= 11 is 0. The van der Waals surface area contributed by atoms with Gasteiger partial charge in [-0.3, -0.25) is 0 Å². The highest BCUT2D eigenvalue weighted by atomic mass is 19.2. The van der Waals surface area contributed by atoms with Crippen LogP contribution < -0.4 is 10.2 Å². The molecule has 2 aliphatic rings. The molecule has 2 fully saturated rings. The Morgan fingerprint density at radius 2 is 2.05 bits per heavy atom. The van der Waals surface area contributed by atoms with Crippen molar-refractivity contribution in [2.24, 2.45) is 11.8 Å². The van der Waals surface area contributed by atoms with Gasteiger partial charge in [-0.2, -0.15) is 0 Å². The number of rotatable bonds is 2. The highest BCUT2D eigenvalue weighted by Crippen LogP contribution is 2.44. The zero-order valence-electron chi connectivity index (χ0n) is 12.0. The second kappa shape index (κ2) is 4.66. The Bertz CT molecular complexity index is 604. The Labute approximate surface area is 121 Å². The van der Waals surface area contributed by atoms with E-state index in [1.807, 2.05) is 18.7 Å². The number of fused-ring (bicyclic) bond motifs is 1. The van der Waals surface area contributed by atoms with Gasteiger partial charge < -0.3 is 15.3 Å². The van der Waals surface area contributed by atoms with Crippen molar-refractivity contribution < 1.29 is 18.7 Å². The van der Waals surface area contributed by atoms with Crippen LogP contribution in [-0.4, -0.2) is 36.2 Å². The number of benzene rings is 1. The van der Waals surface area contributed by atoms with E-state index in [9.17, 15) is 13.6 Å². The fourth-order valence-corrected chi connectivity index (χ4v) is 3.74. The van der Waals surface area contributed by atoms with E-state index in [1.165, 1.54) is 6.07 Å². The van der Waals surface area contributed by atoms with Gasteiger partial charge in [0.05, 0.1) is 11.3 Å². The first-order valence-corrected chi connectivity index (χ1v) is 7.03. The molecule has 0 bridgehead atoms. The lowest BCUT2D eigenvalue weighted by molar-refractivity contribution is 0.0690. The Kier molecular flexibility index (Phi) is 3.16. The molecule has 2 atom stereocenters. The van der Waals surface area contributed by atoms with Crippen LogP contribution in [0.15, 0.2) is 12.1 Å². The first-order valence-electron chi connectivity index (χ1n) is 7.03. The molecule has 1 aromatic rings. The predicted molar refractivity (Wildman–Crippen MR) is 74.6 cm³/mol. The first kappa shape index (κ1) is 14.3. The maximum Gasteiger partial charge on any atom is 0.338 e. The van der Waals surface area contributed by atoms with Crippen molar-refractivity contribution in [1.29, 1.82) is 0 Å². The summed E-state index contributed by atoms with van der Waals surface area (Å²) in [6.45, 7) is 6.43. The number of nitrogens with zero attached hydrogens (tertiary/aromatic N) is 1. The van der Waals surface area contributed by atoms with Gasteiger partial charge in [-0.1, -0.05) is 0 Å². The molecule has 6 heteroatoms. The molecule has 0 saturated carbocycles. The lowest BCUT2D eigenvalue weighted by atomic mass is 9.84. The van der Waals surface area contributed by atoms with E-state index < -0.39 is 23.2 Å². The number of carboxylic acid groups (broad SMARTS) is 1. The van der Waals surface area contributed by atoms with Crippen molar-refractivity contribution in [3.8, 4) is 0 Å². The van der Waals surface area contributed by atoms with Crippen LogP contribution in [0.25, 0.3) is 0 Å². The third-order valence-corrected chi connectivity index (χ3v) is 4.94. The molecule has 21 heavy (non-hydrogen) atoms. The Hall–Kier alpha value is -1.69. The number of anilines is 1. The second-order valence-corrected chi connectivity index (χ2v) is 6.35. The molecule has 3 rings (SSSR count).